The molecular weight excluding hydrogens is 190 g/mol. The average Bonchev–Trinajstić information content (AvgIpc) is 2.31. The van der Waals surface area contributed by atoms with Crippen LogP contribution in [0, 0.1) is 11.3 Å². The highest BCUT2D eigenvalue weighted by Crippen LogP contribution is 2.18. The van der Waals surface area contributed by atoms with E-state index in [1.54, 1.807) is 12.1 Å². The average molecular weight is 203 g/mol. The molecule has 0 N–H and O–H groups in total. The topological polar surface area (TPSA) is 42.2 Å². The van der Waals surface area contributed by atoms with Crippen LogP contribution in [-0.4, -0.2) is 19.3 Å². The van der Waals surface area contributed by atoms with Crippen LogP contribution >= 0.6 is 0 Å². The Bertz CT molecular complexity index is 364. The van der Waals surface area contributed by atoms with Crippen molar-refractivity contribution < 1.29 is 9.47 Å². The molecule has 0 radical (unpaired) electrons. The van der Waals surface area contributed by atoms with Crippen LogP contribution < -0.4 is 4.74 Å². The van der Waals surface area contributed by atoms with Gasteiger partial charge in [0.05, 0.1) is 18.2 Å². The van der Waals surface area contributed by atoms with Gasteiger partial charge in [-0.15, -0.1) is 0 Å². The van der Waals surface area contributed by atoms with E-state index in [4.69, 9.17) is 14.7 Å². The summed E-state index contributed by atoms with van der Waals surface area (Å²) >= 11 is 0. The normalized spacial score (nSPS) is 20.6. The zero-order valence-electron chi connectivity index (χ0n) is 8.48. The molecule has 0 spiro atoms. The van der Waals surface area contributed by atoms with E-state index in [-0.39, 0.29) is 6.10 Å². The van der Waals surface area contributed by atoms with Crippen LogP contribution in [0.15, 0.2) is 24.3 Å². The lowest BCUT2D eigenvalue weighted by molar-refractivity contribution is 0.00742. The quantitative estimate of drug-likeness (QED) is 0.739. The maximum Gasteiger partial charge on any atom is 0.122 e. The third kappa shape index (κ3) is 2.71. The van der Waals surface area contributed by atoms with Crippen LogP contribution in [0.25, 0.3) is 0 Å². The van der Waals surface area contributed by atoms with E-state index >= 15 is 0 Å². The fraction of sp³-hybridized carbons (Fsp3) is 0.417. The van der Waals surface area contributed by atoms with Crippen molar-refractivity contribution >= 4 is 0 Å². The highest BCUT2D eigenvalue weighted by molar-refractivity contribution is 5.36. The molecule has 3 nitrogen and oxygen atoms in total. The fourth-order valence-electron chi connectivity index (χ4n) is 1.64. The molecule has 3 heteroatoms. The van der Waals surface area contributed by atoms with Crippen molar-refractivity contribution in [3.63, 3.8) is 0 Å². The van der Waals surface area contributed by atoms with Gasteiger partial charge in [-0.05, 0) is 31.0 Å². The Kier molecular flexibility index (Phi) is 3.21. The Balaban J connectivity index is 2.00. The van der Waals surface area contributed by atoms with Crippen LogP contribution in [0.3, 0.4) is 0 Å². The van der Waals surface area contributed by atoms with Crippen molar-refractivity contribution in [1.82, 2.24) is 0 Å². The number of benzene rings is 1. The second-order valence-electron chi connectivity index (χ2n) is 3.60. The summed E-state index contributed by atoms with van der Waals surface area (Å²) in [4.78, 5) is 0. The predicted octanol–water partition coefficient (Wildman–Crippen LogP) is 2.12. The zero-order valence-corrected chi connectivity index (χ0v) is 8.48. The van der Waals surface area contributed by atoms with E-state index < -0.39 is 0 Å². The molecule has 1 unspecified atom stereocenters. The zero-order chi connectivity index (χ0) is 10.5. The van der Waals surface area contributed by atoms with E-state index in [0.717, 1.165) is 25.2 Å². The monoisotopic (exact) mass is 203 g/mol. The van der Waals surface area contributed by atoms with Crippen molar-refractivity contribution in [2.75, 3.05) is 13.2 Å². The number of rotatable bonds is 2. The lowest BCUT2D eigenvalue weighted by atomic mass is 10.1. The molecule has 0 aliphatic carbocycles. The Morgan fingerprint density at radius 2 is 2.40 bits per heavy atom. The number of nitriles is 1. The second kappa shape index (κ2) is 4.81. The number of hydrogen-bond donors (Lipinski definition) is 0. The molecule has 0 amide bonds. The van der Waals surface area contributed by atoms with Crippen LogP contribution in [0.5, 0.6) is 5.75 Å². The lowest BCUT2D eigenvalue weighted by Gasteiger charge is -2.23. The highest BCUT2D eigenvalue weighted by atomic mass is 16.5. The van der Waals surface area contributed by atoms with Crippen LogP contribution in [0.1, 0.15) is 18.4 Å². The van der Waals surface area contributed by atoms with E-state index in [9.17, 15) is 0 Å². The molecule has 1 atom stereocenters. The van der Waals surface area contributed by atoms with Gasteiger partial charge in [-0.3, -0.25) is 0 Å². The van der Waals surface area contributed by atoms with Crippen LogP contribution in [0.4, 0.5) is 0 Å². The molecular formula is C12H13NO2. The number of ether oxygens (including phenoxy) is 2. The molecule has 0 saturated carbocycles. The number of nitrogens with zero attached hydrogens (tertiary/aromatic N) is 1. The lowest BCUT2D eigenvalue weighted by Crippen LogP contribution is -2.27. The van der Waals surface area contributed by atoms with Gasteiger partial charge < -0.3 is 9.47 Å². The van der Waals surface area contributed by atoms with Crippen LogP contribution in [-0.2, 0) is 4.74 Å². The van der Waals surface area contributed by atoms with Gasteiger partial charge in [-0.25, -0.2) is 0 Å². The molecule has 78 valence electrons. The first-order valence-electron chi connectivity index (χ1n) is 5.13. The smallest absolute Gasteiger partial charge is 0.122 e. The largest absolute Gasteiger partial charge is 0.488 e. The summed E-state index contributed by atoms with van der Waals surface area (Å²) in [6.45, 7) is 1.48. The van der Waals surface area contributed by atoms with Crippen LogP contribution in [0.2, 0.25) is 0 Å². The summed E-state index contributed by atoms with van der Waals surface area (Å²) in [6.07, 6.45) is 2.20. The Morgan fingerprint density at radius 3 is 3.13 bits per heavy atom. The summed E-state index contributed by atoms with van der Waals surface area (Å²) in [5.74, 6) is 0.754. The first-order chi connectivity index (χ1) is 7.38. The first kappa shape index (κ1) is 10.0. The van der Waals surface area contributed by atoms with Gasteiger partial charge in [-0.2, -0.15) is 5.26 Å². The minimum absolute atomic E-state index is 0.132. The van der Waals surface area contributed by atoms with Gasteiger partial charge in [0.2, 0.25) is 0 Å². The predicted molar refractivity (Wildman–Crippen MR) is 55.6 cm³/mol. The summed E-state index contributed by atoms with van der Waals surface area (Å²) in [7, 11) is 0. The minimum atomic E-state index is 0.132. The maximum absolute atomic E-state index is 8.74. The Hall–Kier alpha value is -1.53. The van der Waals surface area contributed by atoms with Crippen molar-refractivity contribution in [1.29, 1.82) is 5.26 Å². The molecule has 1 aliphatic heterocycles. The molecule has 1 heterocycles. The maximum atomic E-state index is 8.74. The van der Waals surface area contributed by atoms with Gasteiger partial charge >= 0.3 is 0 Å². The molecule has 1 aliphatic rings. The van der Waals surface area contributed by atoms with Gasteiger partial charge in [0.1, 0.15) is 11.9 Å². The standard InChI is InChI=1S/C12H13NO2/c13-8-10-3-1-4-11(7-10)15-12-5-2-6-14-9-12/h1,3-4,7,12H,2,5-6,9H2. The highest BCUT2D eigenvalue weighted by Gasteiger charge is 2.15. The molecule has 1 saturated heterocycles. The van der Waals surface area contributed by atoms with Gasteiger partial charge in [0, 0.05) is 6.61 Å². The van der Waals surface area contributed by atoms with Gasteiger partial charge in [0.25, 0.3) is 0 Å². The van der Waals surface area contributed by atoms with Crippen molar-refractivity contribution in [3.8, 4) is 11.8 Å². The van der Waals surface area contributed by atoms with Crippen molar-refractivity contribution in [3.05, 3.63) is 29.8 Å². The summed E-state index contributed by atoms with van der Waals surface area (Å²) < 4.78 is 11.0. The van der Waals surface area contributed by atoms with Gasteiger partial charge in [-0.1, -0.05) is 6.07 Å². The third-order valence-electron chi connectivity index (χ3n) is 2.38. The first-order valence-corrected chi connectivity index (χ1v) is 5.13. The Labute approximate surface area is 89.2 Å². The Morgan fingerprint density at radius 1 is 1.47 bits per heavy atom. The molecule has 15 heavy (non-hydrogen) atoms. The summed E-state index contributed by atoms with van der Waals surface area (Å²) in [5, 5.41) is 8.74. The number of hydrogen-bond acceptors (Lipinski definition) is 3. The SMILES string of the molecule is N#Cc1cccc(OC2CCCOC2)c1. The molecule has 2 rings (SSSR count). The van der Waals surface area contributed by atoms with E-state index in [1.807, 2.05) is 12.1 Å². The fourth-order valence-corrected chi connectivity index (χ4v) is 1.64. The molecule has 0 bridgehead atoms. The van der Waals surface area contributed by atoms with Crippen molar-refractivity contribution in [2.24, 2.45) is 0 Å². The van der Waals surface area contributed by atoms with E-state index in [2.05, 4.69) is 6.07 Å². The van der Waals surface area contributed by atoms with E-state index in [0.29, 0.717) is 12.2 Å². The molecule has 1 aromatic rings. The van der Waals surface area contributed by atoms with Crippen molar-refractivity contribution in [2.45, 2.75) is 18.9 Å². The van der Waals surface area contributed by atoms with Gasteiger partial charge in [0.15, 0.2) is 0 Å². The molecule has 1 aromatic carbocycles. The second-order valence-corrected chi connectivity index (χ2v) is 3.60. The molecule has 1 fully saturated rings. The summed E-state index contributed by atoms with van der Waals surface area (Å²) in [5.41, 5.74) is 0.629. The third-order valence-corrected chi connectivity index (χ3v) is 2.38. The van der Waals surface area contributed by atoms with E-state index in [1.165, 1.54) is 0 Å². The summed E-state index contributed by atoms with van der Waals surface area (Å²) in [6, 6.07) is 9.32. The molecule has 0 aromatic heterocycles. The minimum Gasteiger partial charge on any atom is -0.488 e.